The molecule has 1 N–H and O–H groups in total. The maximum atomic E-state index is 13.7. The maximum absolute atomic E-state index is 13.7. The molecule has 4 heteroatoms. The van der Waals surface area contributed by atoms with Gasteiger partial charge in [-0.1, -0.05) is 19.1 Å². The van der Waals surface area contributed by atoms with Crippen LogP contribution in [0, 0.1) is 12.7 Å². The first kappa shape index (κ1) is 13.7. The summed E-state index contributed by atoms with van der Waals surface area (Å²) in [6, 6.07) is 6.59. The van der Waals surface area contributed by atoms with E-state index >= 15 is 0 Å². The highest BCUT2D eigenvalue weighted by molar-refractivity contribution is 5.33. The quantitative estimate of drug-likeness (QED) is 0.919. The van der Waals surface area contributed by atoms with E-state index in [2.05, 4.69) is 5.10 Å². The summed E-state index contributed by atoms with van der Waals surface area (Å²) in [4.78, 5) is 0. The van der Waals surface area contributed by atoms with Crippen LogP contribution >= 0.6 is 0 Å². The Morgan fingerprint density at radius 1 is 1.37 bits per heavy atom. The molecule has 102 valence electrons. The number of nitrogens with zero attached hydrogens (tertiary/aromatic N) is 2. The monoisotopic (exact) mass is 262 g/mol. The van der Waals surface area contributed by atoms with Gasteiger partial charge in [-0.2, -0.15) is 5.10 Å². The van der Waals surface area contributed by atoms with E-state index in [1.807, 2.05) is 6.92 Å². The Labute approximate surface area is 112 Å². The minimum Gasteiger partial charge on any atom is -0.379 e. The summed E-state index contributed by atoms with van der Waals surface area (Å²) in [5.41, 5.74) is 0.535. The molecule has 3 nitrogen and oxygen atoms in total. The van der Waals surface area contributed by atoms with Gasteiger partial charge in [-0.05, 0) is 43.5 Å². The van der Waals surface area contributed by atoms with Crippen molar-refractivity contribution in [3.8, 4) is 0 Å². The number of aryl methyl sites for hydroxylation is 2. The molecule has 0 saturated heterocycles. The van der Waals surface area contributed by atoms with Gasteiger partial charge in [0.25, 0.3) is 0 Å². The number of benzene rings is 1. The molecule has 1 aromatic heterocycles. The summed E-state index contributed by atoms with van der Waals surface area (Å²) in [6.45, 7) is 6.15. The minimum absolute atomic E-state index is 0.306. The Balaban J connectivity index is 2.45. The summed E-state index contributed by atoms with van der Waals surface area (Å²) in [5, 5.41) is 14.9. The number of rotatable bonds is 4. The molecule has 0 fully saturated rings. The van der Waals surface area contributed by atoms with Crippen LogP contribution < -0.4 is 0 Å². The lowest BCUT2D eigenvalue weighted by atomic mass is 9.91. The molecule has 2 aromatic rings. The summed E-state index contributed by atoms with van der Waals surface area (Å²) in [6.07, 6.45) is 2.58. The molecular weight excluding hydrogens is 243 g/mol. The van der Waals surface area contributed by atoms with Crippen molar-refractivity contribution in [3.63, 3.8) is 0 Å². The molecule has 0 amide bonds. The first-order valence-electron chi connectivity index (χ1n) is 6.48. The van der Waals surface area contributed by atoms with Crippen molar-refractivity contribution in [2.24, 2.45) is 0 Å². The van der Waals surface area contributed by atoms with Crippen molar-refractivity contribution in [2.75, 3.05) is 0 Å². The number of aliphatic hydroxyl groups is 1. The fourth-order valence-corrected chi connectivity index (χ4v) is 2.18. The number of aromatic nitrogens is 2. The van der Waals surface area contributed by atoms with Crippen LogP contribution in [0.5, 0.6) is 0 Å². The zero-order chi connectivity index (χ0) is 14.0. The van der Waals surface area contributed by atoms with E-state index in [0.29, 0.717) is 16.8 Å². The van der Waals surface area contributed by atoms with Crippen LogP contribution in [0.4, 0.5) is 4.39 Å². The first-order chi connectivity index (χ1) is 8.96. The number of hydrogen-bond donors (Lipinski definition) is 1. The van der Waals surface area contributed by atoms with E-state index in [1.165, 1.54) is 6.07 Å². The fourth-order valence-electron chi connectivity index (χ4n) is 2.18. The molecule has 0 aliphatic heterocycles. The number of halogens is 1. The van der Waals surface area contributed by atoms with Gasteiger partial charge in [-0.3, -0.25) is 4.68 Å². The van der Waals surface area contributed by atoms with E-state index in [9.17, 15) is 9.50 Å². The fraction of sp³-hybridized carbons (Fsp3) is 0.400. The lowest BCUT2D eigenvalue weighted by Gasteiger charge is -2.25. The third-order valence-corrected chi connectivity index (χ3v) is 3.38. The Morgan fingerprint density at radius 2 is 2.11 bits per heavy atom. The lowest BCUT2D eigenvalue weighted by molar-refractivity contribution is 0.0910. The van der Waals surface area contributed by atoms with Crippen LogP contribution in [0.3, 0.4) is 0 Å². The first-order valence-corrected chi connectivity index (χ1v) is 6.48. The predicted octanol–water partition coefficient (Wildman–Crippen LogP) is 3.00. The highest BCUT2D eigenvalue weighted by Crippen LogP contribution is 2.30. The molecule has 0 spiro atoms. The van der Waals surface area contributed by atoms with Crippen molar-refractivity contribution in [1.29, 1.82) is 0 Å². The molecule has 0 radical (unpaired) electrons. The smallest absolute Gasteiger partial charge is 0.128 e. The van der Waals surface area contributed by atoms with Gasteiger partial charge in [-0.25, -0.2) is 4.39 Å². The average molecular weight is 262 g/mol. The molecule has 19 heavy (non-hydrogen) atoms. The Hall–Kier alpha value is -1.68. The Kier molecular flexibility index (Phi) is 3.71. The van der Waals surface area contributed by atoms with Gasteiger partial charge in [0.05, 0.1) is 5.69 Å². The largest absolute Gasteiger partial charge is 0.379 e. The third kappa shape index (κ3) is 2.54. The second-order valence-corrected chi connectivity index (χ2v) is 4.98. The van der Waals surface area contributed by atoms with E-state index in [1.54, 1.807) is 42.9 Å². The van der Waals surface area contributed by atoms with E-state index in [4.69, 9.17) is 0 Å². The molecule has 1 aromatic carbocycles. The van der Waals surface area contributed by atoms with Crippen molar-refractivity contribution in [3.05, 3.63) is 53.1 Å². The molecule has 2 rings (SSSR count). The standard InChI is InChI=1S/C15H19FN2O/c1-4-9-18-14(7-8-17-18)15(3,19)12-6-5-11(2)13(16)10-12/h5-8,10,19H,4,9H2,1-3H3. The topological polar surface area (TPSA) is 38.0 Å². The van der Waals surface area contributed by atoms with E-state index in [0.717, 1.165) is 13.0 Å². The normalized spacial score (nSPS) is 14.4. The number of hydrogen-bond acceptors (Lipinski definition) is 2. The molecule has 1 unspecified atom stereocenters. The summed E-state index contributed by atoms with van der Waals surface area (Å²) >= 11 is 0. The van der Waals surface area contributed by atoms with Gasteiger partial charge in [0.2, 0.25) is 0 Å². The van der Waals surface area contributed by atoms with Crippen LogP contribution in [0.15, 0.2) is 30.5 Å². The predicted molar refractivity (Wildman–Crippen MR) is 72.3 cm³/mol. The van der Waals surface area contributed by atoms with Crippen molar-refractivity contribution in [2.45, 2.75) is 39.3 Å². The zero-order valence-corrected chi connectivity index (χ0v) is 11.5. The minimum atomic E-state index is -1.25. The molecule has 0 bridgehead atoms. The molecule has 1 heterocycles. The summed E-state index contributed by atoms with van der Waals surface area (Å²) < 4.78 is 15.4. The van der Waals surface area contributed by atoms with Gasteiger partial charge < -0.3 is 5.11 Å². The zero-order valence-electron chi connectivity index (χ0n) is 11.5. The van der Waals surface area contributed by atoms with Gasteiger partial charge in [-0.15, -0.1) is 0 Å². The third-order valence-electron chi connectivity index (χ3n) is 3.38. The van der Waals surface area contributed by atoms with Crippen molar-refractivity contribution >= 4 is 0 Å². The van der Waals surface area contributed by atoms with Crippen LogP contribution in [0.1, 0.15) is 37.1 Å². The van der Waals surface area contributed by atoms with Crippen LogP contribution in [-0.4, -0.2) is 14.9 Å². The summed E-state index contributed by atoms with van der Waals surface area (Å²) in [5.74, 6) is -0.306. The second kappa shape index (κ2) is 5.13. The Morgan fingerprint density at radius 3 is 2.74 bits per heavy atom. The SMILES string of the molecule is CCCn1nccc1C(C)(O)c1ccc(C)c(F)c1. The summed E-state index contributed by atoms with van der Waals surface area (Å²) in [7, 11) is 0. The van der Waals surface area contributed by atoms with Crippen LogP contribution in [0.2, 0.25) is 0 Å². The average Bonchev–Trinajstić information content (AvgIpc) is 2.82. The molecule has 0 aliphatic carbocycles. The second-order valence-electron chi connectivity index (χ2n) is 4.98. The Bertz CT molecular complexity index is 575. The van der Waals surface area contributed by atoms with Gasteiger partial charge in [0, 0.05) is 12.7 Å². The van der Waals surface area contributed by atoms with Gasteiger partial charge in [0.15, 0.2) is 0 Å². The van der Waals surface area contributed by atoms with Crippen LogP contribution in [0.25, 0.3) is 0 Å². The van der Waals surface area contributed by atoms with Crippen LogP contribution in [-0.2, 0) is 12.1 Å². The van der Waals surface area contributed by atoms with E-state index in [-0.39, 0.29) is 5.82 Å². The van der Waals surface area contributed by atoms with Crippen molar-refractivity contribution < 1.29 is 9.50 Å². The van der Waals surface area contributed by atoms with Gasteiger partial charge in [0.1, 0.15) is 11.4 Å². The highest BCUT2D eigenvalue weighted by Gasteiger charge is 2.29. The molecule has 0 aliphatic rings. The molecular formula is C15H19FN2O. The lowest BCUT2D eigenvalue weighted by Crippen LogP contribution is -2.27. The van der Waals surface area contributed by atoms with E-state index < -0.39 is 5.60 Å². The molecule has 0 saturated carbocycles. The van der Waals surface area contributed by atoms with Crippen molar-refractivity contribution in [1.82, 2.24) is 9.78 Å². The van der Waals surface area contributed by atoms with Gasteiger partial charge >= 0.3 is 0 Å². The highest BCUT2D eigenvalue weighted by atomic mass is 19.1. The maximum Gasteiger partial charge on any atom is 0.128 e. The molecule has 1 atom stereocenters.